The van der Waals surface area contributed by atoms with Gasteiger partial charge in [-0.05, 0) is 44.5 Å². The SMILES string of the molecule is CCN(CC)c1ccc(CNCCCOC)cc1OC. The van der Waals surface area contributed by atoms with E-state index in [1.165, 1.54) is 11.3 Å². The minimum Gasteiger partial charge on any atom is -0.495 e. The molecule has 0 spiro atoms. The van der Waals surface area contributed by atoms with Crippen LogP contribution in [0.4, 0.5) is 5.69 Å². The molecule has 4 nitrogen and oxygen atoms in total. The van der Waals surface area contributed by atoms with Gasteiger partial charge >= 0.3 is 0 Å². The van der Waals surface area contributed by atoms with E-state index >= 15 is 0 Å². The predicted molar refractivity (Wildman–Crippen MR) is 84.8 cm³/mol. The molecule has 0 saturated carbocycles. The maximum atomic E-state index is 5.53. The number of anilines is 1. The fraction of sp³-hybridized carbons (Fsp3) is 0.625. The summed E-state index contributed by atoms with van der Waals surface area (Å²) in [6.45, 7) is 8.93. The normalized spacial score (nSPS) is 10.6. The quantitative estimate of drug-likeness (QED) is 0.668. The predicted octanol–water partition coefficient (Wildman–Crippen LogP) is 2.67. The van der Waals surface area contributed by atoms with Crippen molar-refractivity contribution in [3.8, 4) is 5.75 Å². The Morgan fingerprint density at radius 3 is 2.50 bits per heavy atom. The molecule has 0 aliphatic rings. The molecule has 1 N–H and O–H groups in total. The van der Waals surface area contributed by atoms with Crippen LogP contribution in [0.1, 0.15) is 25.8 Å². The van der Waals surface area contributed by atoms with Crippen LogP contribution in [0.15, 0.2) is 18.2 Å². The molecule has 1 aromatic carbocycles. The van der Waals surface area contributed by atoms with Gasteiger partial charge < -0.3 is 19.7 Å². The molecule has 0 unspecified atom stereocenters. The number of nitrogens with zero attached hydrogens (tertiary/aromatic N) is 1. The summed E-state index contributed by atoms with van der Waals surface area (Å²) in [6, 6.07) is 6.44. The van der Waals surface area contributed by atoms with Crippen LogP contribution >= 0.6 is 0 Å². The molecule has 0 heterocycles. The summed E-state index contributed by atoms with van der Waals surface area (Å²) in [4.78, 5) is 2.30. The Bertz CT molecular complexity index is 379. The summed E-state index contributed by atoms with van der Waals surface area (Å²) < 4.78 is 10.6. The number of hydrogen-bond donors (Lipinski definition) is 1. The first kappa shape index (κ1) is 16.8. The number of benzene rings is 1. The standard InChI is InChI=1S/C16H28N2O2/c1-5-18(6-2)15-9-8-14(12-16(15)20-4)13-17-10-7-11-19-3/h8-9,12,17H,5-7,10-11,13H2,1-4H3. The van der Waals surface area contributed by atoms with Gasteiger partial charge in [-0.15, -0.1) is 0 Å². The summed E-state index contributed by atoms with van der Waals surface area (Å²) >= 11 is 0. The Morgan fingerprint density at radius 1 is 1.15 bits per heavy atom. The van der Waals surface area contributed by atoms with Crippen LogP contribution < -0.4 is 15.0 Å². The van der Waals surface area contributed by atoms with Crippen LogP contribution in [0.25, 0.3) is 0 Å². The van der Waals surface area contributed by atoms with Gasteiger partial charge in [0.2, 0.25) is 0 Å². The first-order valence-electron chi connectivity index (χ1n) is 7.38. The molecule has 0 saturated heterocycles. The third-order valence-corrected chi connectivity index (χ3v) is 3.38. The van der Waals surface area contributed by atoms with Crippen molar-refractivity contribution >= 4 is 5.69 Å². The van der Waals surface area contributed by atoms with Crippen LogP contribution in [0.5, 0.6) is 5.75 Å². The lowest BCUT2D eigenvalue weighted by Crippen LogP contribution is -2.22. The molecule has 20 heavy (non-hydrogen) atoms. The molecular weight excluding hydrogens is 252 g/mol. The highest BCUT2D eigenvalue weighted by Crippen LogP contribution is 2.29. The van der Waals surface area contributed by atoms with Gasteiger partial charge in [-0.3, -0.25) is 0 Å². The third kappa shape index (κ3) is 5.02. The van der Waals surface area contributed by atoms with E-state index < -0.39 is 0 Å². The molecule has 1 aromatic rings. The van der Waals surface area contributed by atoms with Crippen molar-refractivity contribution in [3.63, 3.8) is 0 Å². The van der Waals surface area contributed by atoms with Crippen molar-refractivity contribution in [2.75, 3.05) is 45.4 Å². The first-order valence-corrected chi connectivity index (χ1v) is 7.38. The number of rotatable bonds is 10. The van der Waals surface area contributed by atoms with E-state index in [1.807, 2.05) is 0 Å². The Morgan fingerprint density at radius 2 is 1.90 bits per heavy atom. The minimum absolute atomic E-state index is 0.803. The Hall–Kier alpha value is -1.26. The van der Waals surface area contributed by atoms with Crippen LogP contribution in [-0.4, -0.2) is 40.5 Å². The van der Waals surface area contributed by atoms with Crippen LogP contribution in [0, 0.1) is 0 Å². The molecule has 0 radical (unpaired) electrons. The number of ether oxygens (including phenoxy) is 2. The number of nitrogens with one attached hydrogen (secondary N) is 1. The highest BCUT2D eigenvalue weighted by atomic mass is 16.5. The molecule has 0 bridgehead atoms. The van der Waals surface area contributed by atoms with Gasteiger partial charge in [-0.25, -0.2) is 0 Å². The Labute approximate surface area is 123 Å². The fourth-order valence-electron chi connectivity index (χ4n) is 2.23. The van der Waals surface area contributed by atoms with Gasteiger partial charge in [0.05, 0.1) is 12.8 Å². The van der Waals surface area contributed by atoms with Crippen molar-refractivity contribution in [2.24, 2.45) is 0 Å². The van der Waals surface area contributed by atoms with Gasteiger partial charge in [0, 0.05) is 33.4 Å². The average molecular weight is 280 g/mol. The highest BCUT2D eigenvalue weighted by Gasteiger charge is 2.09. The van der Waals surface area contributed by atoms with Crippen molar-refractivity contribution in [2.45, 2.75) is 26.8 Å². The van der Waals surface area contributed by atoms with Crippen LogP contribution in [0.3, 0.4) is 0 Å². The second-order valence-corrected chi connectivity index (χ2v) is 4.70. The zero-order valence-electron chi connectivity index (χ0n) is 13.2. The molecule has 0 aliphatic heterocycles. The lowest BCUT2D eigenvalue weighted by atomic mass is 10.1. The summed E-state index contributed by atoms with van der Waals surface area (Å²) in [7, 11) is 3.47. The monoisotopic (exact) mass is 280 g/mol. The van der Waals surface area contributed by atoms with E-state index in [-0.39, 0.29) is 0 Å². The van der Waals surface area contributed by atoms with E-state index in [2.05, 4.69) is 42.3 Å². The fourth-order valence-corrected chi connectivity index (χ4v) is 2.23. The van der Waals surface area contributed by atoms with E-state index in [9.17, 15) is 0 Å². The van der Waals surface area contributed by atoms with Crippen LogP contribution in [0.2, 0.25) is 0 Å². The van der Waals surface area contributed by atoms with Crippen molar-refractivity contribution in [3.05, 3.63) is 23.8 Å². The molecule has 0 aromatic heterocycles. The van der Waals surface area contributed by atoms with Gasteiger partial charge in [-0.2, -0.15) is 0 Å². The number of methoxy groups -OCH3 is 2. The maximum absolute atomic E-state index is 5.53. The lowest BCUT2D eigenvalue weighted by Gasteiger charge is -2.23. The summed E-state index contributed by atoms with van der Waals surface area (Å²) in [5, 5.41) is 3.42. The van der Waals surface area contributed by atoms with Gasteiger partial charge in [0.1, 0.15) is 5.75 Å². The van der Waals surface area contributed by atoms with Crippen LogP contribution in [-0.2, 0) is 11.3 Å². The first-order chi connectivity index (χ1) is 9.76. The van der Waals surface area contributed by atoms with E-state index in [0.717, 1.165) is 45.0 Å². The average Bonchev–Trinajstić information content (AvgIpc) is 2.49. The molecule has 0 atom stereocenters. The summed E-state index contributed by atoms with van der Waals surface area (Å²) in [5.41, 5.74) is 2.41. The summed E-state index contributed by atoms with van der Waals surface area (Å²) in [5.74, 6) is 0.949. The lowest BCUT2D eigenvalue weighted by molar-refractivity contribution is 0.194. The smallest absolute Gasteiger partial charge is 0.142 e. The molecule has 114 valence electrons. The highest BCUT2D eigenvalue weighted by molar-refractivity contribution is 5.59. The number of hydrogen-bond acceptors (Lipinski definition) is 4. The maximum Gasteiger partial charge on any atom is 0.142 e. The van der Waals surface area contributed by atoms with Gasteiger partial charge in [-0.1, -0.05) is 6.07 Å². The molecule has 4 heteroatoms. The second-order valence-electron chi connectivity index (χ2n) is 4.70. The van der Waals surface area contributed by atoms with Gasteiger partial charge in [0.15, 0.2) is 0 Å². The van der Waals surface area contributed by atoms with Crippen molar-refractivity contribution in [1.82, 2.24) is 5.32 Å². The van der Waals surface area contributed by atoms with E-state index in [4.69, 9.17) is 9.47 Å². The van der Waals surface area contributed by atoms with E-state index in [0.29, 0.717) is 0 Å². The molecule has 1 rings (SSSR count). The minimum atomic E-state index is 0.803. The molecular formula is C16H28N2O2. The topological polar surface area (TPSA) is 33.7 Å². The van der Waals surface area contributed by atoms with Gasteiger partial charge in [0.25, 0.3) is 0 Å². The Balaban J connectivity index is 2.62. The van der Waals surface area contributed by atoms with Crippen molar-refractivity contribution in [1.29, 1.82) is 0 Å². The Kier molecular flexibility index (Phi) is 8.07. The van der Waals surface area contributed by atoms with Crippen molar-refractivity contribution < 1.29 is 9.47 Å². The largest absolute Gasteiger partial charge is 0.495 e. The molecule has 0 fully saturated rings. The zero-order valence-corrected chi connectivity index (χ0v) is 13.2. The molecule has 0 aliphatic carbocycles. The second kappa shape index (κ2) is 9.61. The summed E-state index contributed by atoms with van der Waals surface area (Å²) in [6.07, 6.45) is 1.03. The molecule has 0 amide bonds. The zero-order chi connectivity index (χ0) is 14.8. The third-order valence-electron chi connectivity index (χ3n) is 3.38. The van der Waals surface area contributed by atoms with E-state index in [1.54, 1.807) is 14.2 Å².